The Labute approximate surface area is 131 Å². The molecule has 0 heterocycles. The molecule has 2 rings (SSSR count). The van der Waals surface area contributed by atoms with Gasteiger partial charge in [-0.1, -0.05) is 36.4 Å². The van der Waals surface area contributed by atoms with Crippen LogP contribution < -0.4 is 4.74 Å². The lowest BCUT2D eigenvalue weighted by Gasteiger charge is -2.16. The van der Waals surface area contributed by atoms with Gasteiger partial charge in [0.25, 0.3) is 5.91 Å². The molecular formula is C18H21NO3. The van der Waals surface area contributed by atoms with Crippen LogP contribution in [0.3, 0.4) is 0 Å². The lowest BCUT2D eigenvalue weighted by molar-refractivity contribution is 0.0822. The van der Waals surface area contributed by atoms with Gasteiger partial charge in [-0.25, -0.2) is 0 Å². The Kier molecular flexibility index (Phi) is 5.55. The maximum Gasteiger partial charge on any atom is 0.257 e. The summed E-state index contributed by atoms with van der Waals surface area (Å²) < 4.78 is 5.82. The molecule has 116 valence electrons. The zero-order valence-corrected chi connectivity index (χ0v) is 13.0. The molecule has 0 aliphatic rings. The molecule has 0 unspecified atom stereocenters. The SMILES string of the molecule is CN(C)C(=O)c1cc(CCO)ccc1OCc1ccccc1. The van der Waals surface area contributed by atoms with Gasteiger partial charge < -0.3 is 14.7 Å². The van der Waals surface area contributed by atoms with Gasteiger partial charge >= 0.3 is 0 Å². The second kappa shape index (κ2) is 7.61. The first-order chi connectivity index (χ1) is 10.6. The van der Waals surface area contributed by atoms with Crippen LogP contribution >= 0.6 is 0 Å². The van der Waals surface area contributed by atoms with Crippen LogP contribution in [0.1, 0.15) is 21.5 Å². The smallest absolute Gasteiger partial charge is 0.257 e. The molecule has 0 fully saturated rings. The second-order valence-corrected chi connectivity index (χ2v) is 5.28. The molecule has 0 spiro atoms. The Bertz CT molecular complexity index is 623. The summed E-state index contributed by atoms with van der Waals surface area (Å²) >= 11 is 0. The molecule has 2 aromatic rings. The van der Waals surface area contributed by atoms with E-state index in [0.717, 1.165) is 11.1 Å². The van der Waals surface area contributed by atoms with Gasteiger partial charge in [0.2, 0.25) is 0 Å². The summed E-state index contributed by atoms with van der Waals surface area (Å²) in [5, 5.41) is 9.05. The Hall–Kier alpha value is -2.33. The van der Waals surface area contributed by atoms with Crippen LogP contribution in [0.25, 0.3) is 0 Å². The van der Waals surface area contributed by atoms with E-state index in [4.69, 9.17) is 9.84 Å². The lowest BCUT2D eigenvalue weighted by Crippen LogP contribution is -2.22. The number of ether oxygens (including phenoxy) is 1. The van der Waals surface area contributed by atoms with Crippen LogP contribution in [0.4, 0.5) is 0 Å². The molecule has 4 heteroatoms. The summed E-state index contributed by atoms with van der Waals surface area (Å²) in [6.45, 7) is 0.466. The predicted octanol–water partition coefficient (Wildman–Crippen LogP) is 2.50. The van der Waals surface area contributed by atoms with Crippen LogP contribution in [0.15, 0.2) is 48.5 Å². The number of carbonyl (C=O) groups excluding carboxylic acids is 1. The lowest BCUT2D eigenvalue weighted by atomic mass is 10.1. The van der Waals surface area contributed by atoms with E-state index in [1.54, 1.807) is 26.2 Å². The monoisotopic (exact) mass is 299 g/mol. The van der Waals surface area contributed by atoms with Crippen molar-refractivity contribution in [2.24, 2.45) is 0 Å². The van der Waals surface area contributed by atoms with Gasteiger partial charge in [0.1, 0.15) is 12.4 Å². The third-order valence-electron chi connectivity index (χ3n) is 3.32. The molecule has 0 aliphatic heterocycles. The molecule has 0 bridgehead atoms. The van der Waals surface area contributed by atoms with Gasteiger partial charge in [0.05, 0.1) is 5.56 Å². The highest BCUT2D eigenvalue weighted by molar-refractivity contribution is 5.96. The van der Waals surface area contributed by atoms with Gasteiger partial charge in [-0.2, -0.15) is 0 Å². The number of nitrogens with zero attached hydrogens (tertiary/aromatic N) is 1. The molecule has 1 N–H and O–H groups in total. The minimum Gasteiger partial charge on any atom is -0.488 e. The van der Waals surface area contributed by atoms with Gasteiger partial charge in [0, 0.05) is 20.7 Å². The fourth-order valence-electron chi connectivity index (χ4n) is 2.13. The molecule has 0 radical (unpaired) electrons. The van der Waals surface area contributed by atoms with E-state index in [-0.39, 0.29) is 12.5 Å². The molecule has 0 aliphatic carbocycles. The molecule has 0 saturated carbocycles. The minimum absolute atomic E-state index is 0.0554. The molecule has 0 atom stereocenters. The predicted molar refractivity (Wildman–Crippen MR) is 86.0 cm³/mol. The Balaban J connectivity index is 2.23. The average Bonchev–Trinajstić information content (AvgIpc) is 2.54. The molecule has 22 heavy (non-hydrogen) atoms. The quantitative estimate of drug-likeness (QED) is 0.891. The summed E-state index contributed by atoms with van der Waals surface area (Å²) in [4.78, 5) is 13.8. The molecule has 4 nitrogen and oxygen atoms in total. The van der Waals surface area contributed by atoms with Crippen LogP contribution in [0.5, 0.6) is 5.75 Å². The van der Waals surface area contributed by atoms with E-state index in [1.165, 1.54) is 4.90 Å². The van der Waals surface area contributed by atoms with Crippen molar-refractivity contribution in [2.45, 2.75) is 13.0 Å². The van der Waals surface area contributed by atoms with Crippen molar-refractivity contribution in [3.8, 4) is 5.75 Å². The van der Waals surface area contributed by atoms with Crippen molar-refractivity contribution in [3.63, 3.8) is 0 Å². The van der Waals surface area contributed by atoms with Crippen molar-refractivity contribution in [1.82, 2.24) is 4.90 Å². The minimum atomic E-state index is -0.108. The van der Waals surface area contributed by atoms with Gasteiger partial charge in [0.15, 0.2) is 0 Å². The van der Waals surface area contributed by atoms with Crippen LogP contribution in [-0.2, 0) is 13.0 Å². The Morgan fingerprint density at radius 2 is 1.82 bits per heavy atom. The van der Waals surface area contributed by atoms with Crippen molar-refractivity contribution >= 4 is 5.91 Å². The normalized spacial score (nSPS) is 10.3. The van der Waals surface area contributed by atoms with E-state index in [2.05, 4.69) is 0 Å². The number of aliphatic hydroxyl groups excluding tert-OH is 1. The Morgan fingerprint density at radius 1 is 1.09 bits per heavy atom. The molecule has 0 aromatic heterocycles. The van der Waals surface area contributed by atoms with Crippen molar-refractivity contribution in [1.29, 1.82) is 0 Å². The van der Waals surface area contributed by atoms with Crippen molar-refractivity contribution < 1.29 is 14.6 Å². The second-order valence-electron chi connectivity index (χ2n) is 5.28. The molecule has 0 saturated heterocycles. The molecule has 2 aromatic carbocycles. The van der Waals surface area contributed by atoms with Crippen LogP contribution in [-0.4, -0.2) is 36.6 Å². The number of rotatable bonds is 6. The maximum atomic E-state index is 12.3. The summed E-state index contributed by atoms with van der Waals surface area (Å²) in [6, 6.07) is 15.3. The number of aliphatic hydroxyl groups is 1. The first-order valence-corrected chi connectivity index (χ1v) is 7.24. The highest BCUT2D eigenvalue weighted by Crippen LogP contribution is 2.23. The summed E-state index contributed by atoms with van der Waals surface area (Å²) in [5.41, 5.74) is 2.48. The number of hydrogen-bond acceptors (Lipinski definition) is 3. The first-order valence-electron chi connectivity index (χ1n) is 7.24. The van der Waals surface area contributed by atoms with Gasteiger partial charge in [-0.05, 0) is 29.7 Å². The average molecular weight is 299 g/mol. The maximum absolute atomic E-state index is 12.3. The van der Waals surface area contributed by atoms with E-state index >= 15 is 0 Å². The molecule has 1 amide bonds. The van der Waals surface area contributed by atoms with Crippen molar-refractivity contribution in [2.75, 3.05) is 20.7 Å². The number of benzene rings is 2. The summed E-state index contributed by atoms with van der Waals surface area (Å²) in [5.74, 6) is 0.451. The van der Waals surface area contributed by atoms with Crippen LogP contribution in [0, 0.1) is 0 Å². The molecular weight excluding hydrogens is 278 g/mol. The standard InChI is InChI=1S/C18H21NO3/c1-19(2)18(21)16-12-14(10-11-20)8-9-17(16)22-13-15-6-4-3-5-7-15/h3-9,12,20H,10-11,13H2,1-2H3. The number of carbonyl (C=O) groups is 1. The first kappa shape index (κ1) is 16.0. The van der Waals surface area contributed by atoms with Crippen molar-refractivity contribution in [3.05, 3.63) is 65.2 Å². The number of hydrogen-bond donors (Lipinski definition) is 1. The highest BCUT2D eigenvalue weighted by atomic mass is 16.5. The fraction of sp³-hybridized carbons (Fsp3) is 0.278. The largest absolute Gasteiger partial charge is 0.488 e. The van der Waals surface area contributed by atoms with E-state index in [9.17, 15) is 4.79 Å². The third kappa shape index (κ3) is 4.09. The Morgan fingerprint density at radius 3 is 2.45 bits per heavy atom. The summed E-state index contributed by atoms with van der Waals surface area (Å²) in [7, 11) is 3.42. The highest BCUT2D eigenvalue weighted by Gasteiger charge is 2.15. The van der Waals surface area contributed by atoms with Gasteiger partial charge in [-0.15, -0.1) is 0 Å². The fourth-order valence-corrected chi connectivity index (χ4v) is 2.13. The topological polar surface area (TPSA) is 49.8 Å². The van der Waals surface area contributed by atoms with E-state index in [0.29, 0.717) is 24.3 Å². The zero-order valence-electron chi connectivity index (χ0n) is 13.0. The summed E-state index contributed by atoms with van der Waals surface area (Å²) in [6.07, 6.45) is 0.521. The zero-order chi connectivity index (χ0) is 15.9. The van der Waals surface area contributed by atoms with Gasteiger partial charge in [-0.3, -0.25) is 4.79 Å². The van der Waals surface area contributed by atoms with Crippen LogP contribution in [0.2, 0.25) is 0 Å². The third-order valence-corrected chi connectivity index (χ3v) is 3.32. The number of amides is 1. The van der Waals surface area contributed by atoms with E-state index in [1.807, 2.05) is 36.4 Å². The van der Waals surface area contributed by atoms with E-state index < -0.39 is 0 Å².